The van der Waals surface area contributed by atoms with Gasteiger partial charge in [0.05, 0.1) is 16.6 Å². The van der Waals surface area contributed by atoms with Crippen molar-refractivity contribution in [1.29, 1.82) is 0 Å². The van der Waals surface area contributed by atoms with Crippen LogP contribution in [0, 0.1) is 0 Å². The van der Waals surface area contributed by atoms with Gasteiger partial charge >= 0.3 is 0 Å². The van der Waals surface area contributed by atoms with Crippen LogP contribution in [0.4, 0.5) is 17.3 Å². The summed E-state index contributed by atoms with van der Waals surface area (Å²) in [4.78, 5) is 27.2. The second-order valence-corrected chi connectivity index (χ2v) is 9.93. The van der Waals surface area contributed by atoms with E-state index in [-0.39, 0.29) is 5.78 Å². The predicted octanol–water partition coefficient (Wildman–Crippen LogP) is 4.90. The molecular weight excluding hydrogens is 452 g/mol. The van der Waals surface area contributed by atoms with Crippen LogP contribution >= 0.6 is 0 Å². The molecule has 4 aromatic rings. The maximum absolute atomic E-state index is 13.8. The number of benzene rings is 2. The fourth-order valence-electron chi connectivity index (χ4n) is 5.97. The molecule has 0 atom stereocenters. The van der Waals surface area contributed by atoms with E-state index < -0.39 is 0 Å². The summed E-state index contributed by atoms with van der Waals surface area (Å²) in [5, 5.41) is 9.14. The van der Waals surface area contributed by atoms with E-state index in [2.05, 4.69) is 36.3 Å². The molecule has 8 heteroatoms. The minimum absolute atomic E-state index is 0.0437. The minimum Gasteiger partial charge on any atom is -0.382 e. The van der Waals surface area contributed by atoms with Crippen LogP contribution in [0.2, 0.25) is 0 Å². The lowest BCUT2D eigenvalue weighted by Crippen LogP contribution is -2.47. The summed E-state index contributed by atoms with van der Waals surface area (Å²) < 4.78 is 5.95. The Morgan fingerprint density at radius 2 is 1.61 bits per heavy atom. The number of hydrogen-bond acceptors (Lipinski definition) is 8. The molecule has 182 valence electrons. The second kappa shape index (κ2) is 8.62. The molecule has 1 N–H and O–H groups in total. The number of piperazine rings is 1. The third kappa shape index (κ3) is 3.43. The van der Waals surface area contributed by atoms with Crippen LogP contribution in [-0.4, -0.2) is 53.1 Å². The molecular formula is C28H28N6O2. The fraction of sp³-hybridized carbons (Fsp3) is 0.357. The Kier molecular flexibility index (Phi) is 5.11. The average molecular weight is 481 g/mol. The van der Waals surface area contributed by atoms with Crippen molar-refractivity contribution >= 4 is 34.0 Å². The van der Waals surface area contributed by atoms with Gasteiger partial charge in [0, 0.05) is 61.4 Å². The number of carbonyl (C=O) groups excluding carboxylic acids is 1. The highest BCUT2D eigenvalue weighted by Crippen LogP contribution is 2.46. The first-order valence-corrected chi connectivity index (χ1v) is 12.9. The summed E-state index contributed by atoms with van der Waals surface area (Å²) in [6.45, 7) is 3.24. The molecule has 3 aliphatic rings. The molecule has 2 aromatic heterocycles. The Balaban J connectivity index is 1.31. The summed E-state index contributed by atoms with van der Waals surface area (Å²) in [5.41, 5.74) is 4.89. The van der Waals surface area contributed by atoms with Gasteiger partial charge < -0.3 is 19.6 Å². The molecule has 1 saturated heterocycles. The normalized spacial score (nSPS) is 17.9. The molecule has 1 aliphatic heterocycles. The average Bonchev–Trinajstić information content (AvgIpc) is 3.38. The van der Waals surface area contributed by atoms with Gasteiger partial charge in [0.25, 0.3) is 0 Å². The fourth-order valence-corrected chi connectivity index (χ4v) is 5.97. The number of fused-ring (bicyclic) bond motifs is 2. The molecule has 7 rings (SSSR count). The number of rotatable bonds is 4. The minimum atomic E-state index is 0.0437. The summed E-state index contributed by atoms with van der Waals surface area (Å²) in [6, 6.07) is 12.0. The molecule has 0 amide bonds. The largest absolute Gasteiger partial charge is 0.382 e. The summed E-state index contributed by atoms with van der Waals surface area (Å²) in [6.07, 6.45) is 9.55. The third-order valence-electron chi connectivity index (χ3n) is 7.80. The molecule has 36 heavy (non-hydrogen) atoms. The number of aromatic nitrogens is 3. The Labute approximate surface area is 209 Å². The molecule has 2 aromatic carbocycles. The van der Waals surface area contributed by atoms with E-state index >= 15 is 0 Å². The Hall–Kier alpha value is -3.94. The number of nitrogens with zero attached hydrogens (tertiary/aromatic N) is 5. The van der Waals surface area contributed by atoms with Crippen molar-refractivity contribution in [3.8, 4) is 11.3 Å². The van der Waals surface area contributed by atoms with Crippen molar-refractivity contribution in [1.82, 2.24) is 15.1 Å². The van der Waals surface area contributed by atoms with Crippen LogP contribution in [0.15, 0.2) is 53.3 Å². The maximum atomic E-state index is 13.8. The summed E-state index contributed by atoms with van der Waals surface area (Å²) >= 11 is 0. The van der Waals surface area contributed by atoms with Crippen molar-refractivity contribution in [2.75, 3.05) is 41.3 Å². The quantitative estimate of drug-likeness (QED) is 0.389. The highest BCUT2D eigenvalue weighted by atomic mass is 16.5. The van der Waals surface area contributed by atoms with Crippen molar-refractivity contribution in [3.63, 3.8) is 0 Å². The zero-order valence-electron chi connectivity index (χ0n) is 20.1. The molecule has 0 spiro atoms. The lowest BCUT2D eigenvalue weighted by Gasteiger charge is -2.36. The Bertz CT molecular complexity index is 1440. The van der Waals surface area contributed by atoms with Gasteiger partial charge in [-0.25, -0.2) is 9.97 Å². The van der Waals surface area contributed by atoms with Crippen LogP contribution in [-0.2, 0) is 0 Å². The SMILES string of the molecule is O=C1c2ccccc2-c2onc3c(N4CCN(c5ncccn5)CC4)cc(NC4CCCCC4)c1c23. The van der Waals surface area contributed by atoms with Crippen molar-refractivity contribution in [2.45, 2.75) is 38.1 Å². The highest BCUT2D eigenvalue weighted by molar-refractivity contribution is 6.28. The molecule has 3 heterocycles. The predicted molar refractivity (Wildman–Crippen MR) is 140 cm³/mol. The maximum Gasteiger partial charge on any atom is 0.225 e. The van der Waals surface area contributed by atoms with Gasteiger partial charge in [-0.2, -0.15) is 0 Å². The van der Waals surface area contributed by atoms with Crippen molar-refractivity contribution in [3.05, 3.63) is 59.9 Å². The Morgan fingerprint density at radius 3 is 2.39 bits per heavy atom. The molecule has 0 unspecified atom stereocenters. The van der Waals surface area contributed by atoms with E-state index in [0.717, 1.165) is 72.8 Å². The smallest absolute Gasteiger partial charge is 0.225 e. The molecule has 0 bridgehead atoms. The van der Waals surface area contributed by atoms with E-state index in [1.807, 2.05) is 30.3 Å². The second-order valence-electron chi connectivity index (χ2n) is 9.93. The van der Waals surface area contributed by atoms with E-state index in [0.29, 0.717) is 22.9 Å². The first-order chi connectivity index (χ1) is 17.8. The lowest BCUT2D eigenvalue weighted by atomic mass is 9.85. The van der Waals surface area contributed by atoms with Crippen molar-refractivity contribution < 1.29 is 9.32 Å². The first kappa shape index (κ1) is 21.4. The topological polar surface area (TPSA) is 87.4 Å². The molecule has 2 fully saturated rings. The van der Waals surface area contributed by atoms with Crippen LogP contribution in [0.25, 0.3) is 22.2 Å². The molecule has 1 saturated carbocycles. The van der Waals surface area contributed by atoms with Crippen LogP contribution in [0.3, 0.4) is 0 Å². The number of hydrogen-bond donors (Lipinski definition) is 1. The summed E-state index contributed by atoms with van der Waals surface area (Å²) in [5.74, 6) is 1.50. The van der Waals surface area contributed by atoms with Crippen LogP contribution in [0.1, 0.15) is 48.0 Å². The highest BCUT2D eigenvalue weighted by Gasteiger charge is 2.34. The standard InChI is InChI=1S/C28H28N6O2/c35-26-19-9-4-5-10-20(19)27-24-23(26)21(31-18-7-2-1-3-8-18)17-22(25(24)32-36-27)33-13-15-34(16-14-33)28-29-11-6-12-30-28/h4-6,9-12,17-18,31H,1-3,7-8,13-16H2. The zero-order chi connectivity index (χ0) is 24.1. The third-order valence-corrected chi connectivity index (χ3v) is 7.80. The molecule has 0 radical (unpaired) electrons. The first-order valence-electron chi connectivity index (χ1n) is 12.9. The van der Waals surface area contributed by atoms with Gasteiger partial charge in [-0.05, 0) is 25.0 Å². The van der Waals surface area contributed by atoms with Crippen molar-refractivity contribution in [2.24, 2.45) is 0 Å². The van der Waals surface area contributed by atoms with E-state index in [4.69, 9.17) is 4.52 Å². The number of anilines is 3. The Morgan fingerprint density at radius 1 is 0.889 bits per heavy atom. The van der Waals surface area contributed by atoms with E-state index in [1.54, 1.807) is 12.4 Å². The van der Waals surface area contributed by atoms with Gasteiger partial charge in [0.2, 0.25) is 5.95 Å². The number of nitrogens with one attached hydrogen (secondary N) is 1. The molecule has 8 nitrogen and oxygen atoms in total. The van der Waals surface area contributed by atoms with Crippen LogP contribution < -0.4 is 15.1 Å². The van der Waals surface area contributed by atoms with Gasteiger partial charge in [0.1, 0.15) is 5.52 Å². The van der Waals surface area contributed by atoms with Gasteiger partial charge in [-0.3, -0.25) is 4.79 Å². The number of carbonyl (C=O) groups is 1. The van der Waals surface area contributed by atoms with Crippen LogP contribution in [0.5, 0.6) is 0 Å². The van der Waals surface area contributed by atoms with Gasteiger partial charge in [-0.15, -0.1) is 0 Å². The zero-order valence-corrected chi connectivity index (χ0v) is 20.1. The van der Waals surface area contributed by atoms with E-state index in [9.17, 15) is 4.79 Å². The van der Waals surface area contributed by atoms with Gasteiger partial charge in [-0.1, -0.05) is 48.7 Å². The molecule has 2 aliphatic carbocycles. The lowest BCUT2D eigenvalue weighted by molar-refractivity contribution is 0.104. The van der Waals surface area contributed by atoms with E-state index in [1.165, 1.54) is 19.3 Å². The van der Waals surface area contributed by atoms with Gasteiger partial charge in [0.15, 0.2) is 11.5 Å². The number of ketones is 1. The summed E-state index contributed by atoms with van der Waals surface area (Å²) in [7, 11) is 0. The monoisotopic (exact) mass is 480 g/mol.